The van der Waals surface area contributed by atoms with Crippen LogP contribution in [-0.4, -0.2) is 49.8 Å². The van der Waals surface area contributed by atoms with Crippen LogP contribution in [0.4, 0.5) is 0 Å². The van der Waals surface area contributed by atoms with Crippen molar-refractivity contribution in [2.45, 2.75) is 6.54 Å². The Bertz CT molecular complexity index is 750. The van der Waals surface area contributed by atoms with Crippen molar-refractivity contribution in [3.8, 4) is 17.2 Å². The molecule has 2 aromatic rings. The molecule has 7 heteroatoms. The third kappa shape index (κ3) is 4.44. The van der Waals surface area contributed by atoms with E-state index in [9.17, 15) is 14.7 Å². The van der Waals surface area contributed by atoms with Crippen LogP contribution in [0.2, 0.25) is 0 Å². The maximum Gasteiger partial charge on any atom is 0.323 e. The van der Waals surface area contributed by atoms with Gasteiger partial charge in [-0.2, -0.15) is 0 Å². The fourth-order valence-electron chi connectivity index (χ4n) is 2.55. The number of nitrogens with zero attached hydrogens (tertiary/aromatic N) is 1. The molecule has 0 spiro atoms. The normalized spacial score (nSPS) is 10.1. The number of aliphatic carboxylic acids is 1. The first-order valence-corrected chi connectivity index (χ1v) is 7.85. The fraction of sp³-hybridized carbons (Fsp3) is 0.263. The zero-order chi connectivity index (χ0) is 19.1. The Hall–Kier alpha value is -3.22. The first-order chi connectivity index (χ1) is 12.5. The van der Waals surface area contributed by atoms with Gasteiger partial charge in [-0.15, -0.1) is 0 Å². The molecule has 26 heavy (non-hydrogen) atoms. The molecule has 0 atom stereocenters. The largest absolute Gasteiger partial charge is 0.493 e. The van der Waals surface area contributed by atoms with Crippen molar-refractivity contribution >= 4 is 11.9 Å². The molecule has 0 heterocycles. The predicted octanol–water partition coefficient (Wildman–Crippen LogP) is 2.44. The monoisotopic (exact) mass is 359 g/mol. The fourth-order valence-corrected chi connectivity index (χ4v) is 2.55. The van der Waals surface area contributed by atoms with E-state index in [-0.39, 0.29) is 12.1 Å². The van der Waals surface area contributed by atoms with Crippen molar-refractivity contribution < 1.29 is 28.9 Å². The van der Waals surface area contributed by atoms with Gasteiger partial charge >= 0.3 is 5.97 Å². The molecule has 0 aliphatic heterocycles. The number of carbonyl (C=O) groups is 2. The molecule has 7 nitrogen and oxygen atoms in total. The second kappa shape index (κ2) is 8.75. The lowest BCUT2D eigenvalue weighted by molar-refractivity contribution is -0.137. The Labute approximate surface area is 151 Å². The van der Waals surface area contributed by atoms with Crippen molar-refractivity contribution in [3.63, 3.8) is 0 Å². The average Bonchev–Trinajstić information content (AvgIpc) is 2.66. The summed E-state index contributed by atoms with van der Waals surface area (Å²) in [7, 11) is 4.36. The van der Waals surface area contributed by atoms with Gasteiger partial charge < -0.3 is 24.2 Å². The van der Waals surface area contributed by atoms with Crippen molar-refractivity contribution in [1.29, 1.82) is 0 Å². The lowest BCUT2D eigenvalue weighted by Gasteiger charge is -2.22. The van der Waals surface area contributed by atoms with E-state index >= 15 is 0 Å². The van der Waals surface area contributed by atoms with Gasteiger partial charge in [0, 0.05) is 12.1 Å². The number of carbonyl (C=O) groups excluding carboxylic acids is 1. The number of amides is 1. The number of rotatable bonds is 8. The second-order valence-corrected chi connectivity index (χ2v) is 5.45. The molecule has 0 aromatic heterocycles. The Kier molecular flexibility index (Phi) is 6.43. The summed E-state index contributed by atoms with van der Waals surface area (Å²) in [5.41, 5.74) is 1.08. The first kappa shape index (κ1) is 19.1. The molecule has 0 aliphatic carbocycles. The Morgan fingerprint density at radius 3 is 2.00 bits per heavy atom. The molecule has 0 saturated heterocycles. The van der Waals surface area contributed by atoms with Crippen LogP contribution in [0.3, 0.4) is 0 Å². The number of hydrogen-bond donors (Lipinski definition) is 1. The predicted molar refractivity (Wildman–Crippen MR) is 94.9 cm³/mol. The number of hydrogen-bond acceptors (Lipinski definition) is 5. The highest BCUT2D eigenvalue weighted by Crippen LogP contribution is 2.38. The highest BCUT2D eigenvalue weighted by atomic mass is 16.5. The van der Waals surface area contributed by atoms with E-state index in [1.165, 1.54) is 38.4 Å². The van der Waals surface area contributed by atoms with Crippen LogP contribution in [0.5, 0.6) is 17.2 Å². The van der Waals surface area contributed by atoms with Crippen molar-refractivity contribution in [2.24, 2.45) is 0 Å². The summed E-state index contributed by atoms with van der Waals surface area (Å²) in [5, 5.41) is 9.18. The minimum absolute atomic E-state index is 0.169. The number of carboxylic acids is 1. The SMILES string of the molecule is COc1cc(C(=O)N(CC(=O)O)Cc2ccccc2)cc(OC)c1OC. The lowest BCUT2D eigenvalue weighted by atomic mass is 10.1. The first-order valence-electron chi connectivity index (χ1n) is 7.85. The van der Waals surface area contributed by atoms with Crippen LogP contribution in [0, 0.1) is 0 Å². The molecule has 0 unspecified atom stereocenters. The molecule has 0 bridgehead atoms. The average molecular weight is 359 g/mol. The molecule has 1 amide bonds. The second-order valence-electron chi connectivity index (χ2n) is 5.45. The molecular weight excluding hydrogens is 338 g/mol. The van der Waals surface area contributed by atoms with E-state index < -0.39 is 18.4 Å². The van der Waals surface area contributed by atoms with Gasteiger partial charge in [0.25, 0.3) is 5.91 Å². The van der Waals surface area contributed by atoms with Gasteiger partial charge in [-0.25, -0.2) is 0 Å². The van der Waals surface area contributed by atoms with E-state index in [4.69, 9.17) is 14.2 Å². The maximum absolute atomic E-state index is 12.9. The molecule has 0 radical (unpaired) electrons. The highest BCUT2D eigenvalue weighted by Gasteiger charge is 2.23. The molecular formula is C19H21NO6. The van der Waals surface area contributed by atoms with Gasteiger partial charge in [0.2, 0.25) is 5.75 Å². The molecule has 2 aromatic carbocycles. The third-order valence-corrected chi connectivity index (χ3v) is 3.74. The summed E-state index contributed by atoms with van der Waals surface area (Å²) in [4.78, 5) is 25.4. The smallest absolute Gasteiger partial charge is 0.323 e. The highest BCUT2D eigenvalue weighted by molar-refractivity contribution is 5.97. The van der Waals surface area contributed by atoms with Crippen molar-refractivity contribution in [1.82, 2.24) is 4.90 Å². The third-order valence-electron chi connectivity index (χ3n) is 3.74. The van der Waals surface area contributed by atoms with Crippen molar-refractivity contribution in [2.75, 3.05) is 27.9 Å². The minimum atomic E-state index is -1.10. The van der Waals surface area contributed by atoms with Gasteiger partial charge in [-0.1, -0.05) is 30.3 Å². The zero-order valence-electron chi connectivity index (χ0n) is 14.9. The molecule has 1 N–H and O–H groups in total. The lowest BCUT2D eigenvalue weighted by Crippen LogP contribution is -2.35. The van der Waals surface area contributed by atoms with Crippen LogP contribution in [-0.2, 0) is 11.3 Å². The van der Waals surface area contributed by atoms with Crippen LogP contribution < -0.4 is 14.2 Å². The summed E-state index contributed by atoms with van der Waals surface area (Å²) in [6, 6.07) is 12.2. The number of carboxylic acid groups (broad SMARTS) is 1. The van der Waals surface area contributed by atoms with Gasteiger partial charge in [-0.3, -0.25) is 9.59 Å². The van der Waals surface area contributed by atoms with Gasteiger partial charge in [0.05, 0.1) is 21.3 Å². The minimum Gasteiger partial charge on any atom is -0.493 e. The summed E-state index contributed by atoms with van der Waals surface area (Å²) >= 11 is 0. The van der Waals surface area contributed by atoms with Crippen LogP contribution >= 0.6 is 0 Å². The summed E-state index contributed by atoms with van der Waals surface area (Å²) in [6.07, 6.45) is 0. The summed E-state index contributed by atoms with van der Waals surface area (Å²) < 4.78 is 15.8. The number of benzene rings is 2. The molecule has 138 valence electrons. The van der Waals surface area contributed by atoms with Crippen LogP contribution in [0.15, 0.2) is 42.5 Å². The Morgan fingerprint density at radius 2 is 1.54 bits per heavy atom. The van der Waals surface area contributed by atoms with Gasteiger partial charge in [0.1, 0.15) is 6.54 Å². The van der Waals surface area contributed by atoms with Gasteiger partial charge in [0.15, 0.2) is 11.5 Å². The van der Waals surface area contributed by atoms with E-state index in [2.05, 4.69) is 0 Å². The Balaban J connectivity index is 2.39. The molecule has 0 aliphatic rings. The summed E-state index contributed by atoms with van der Waals surface area (Å²) in [5.74, 6) is -0.535. The number of ether oxygens (including phenoxy) is 3. The quantitative estimate of drug-likeness (QED) is 0.779. The van der Waals surface area contributed by atoms with Crippen LogP contribution in [0.25, 0.3) is 0 Å². The number of methoxy groups -OCH3 is 3. The topological polar surface area (TPSA) is 85.3 Å². The van der Waals surface area contributed by atoms with Gasteiger partial charge in [-0.05, 0) is 17.7 Å². The standard InChI is InChI=1S/C19H21NO6/c1-24-15-9-14(10-16(25-2)18(15)26-3)19(23)20(12-17(21)22)11-13-7-5-4-6-8-13/h4-10H,11-12H2,1-3H3,(H,21,22). The maximum atomic E-state index is 12.9. The van der Waals surface area contributed by atoms with Crippen LogP contribution in [0.1, 0.15) is 15.9 Å². The van der Waals surface area contributed by atoms with Crippen molar-refractivity contribution in [3.05, 3.63) is 53.6 Å². The molecule has 0 fully saturated rings. The zero-order valence-corrected chi connectivity index (χ0v) is 14.9. The van der Waals surface area contributed by atoms with E-state index in [1.807, 2.05) is 30.3 Å². The summed E-state index contributed by atoms with van der Waals surface area (Å²) in [6.45, 7) is -0.257. The van der Waals surface area contributed by atoms with E-state index in [0.29, 0.717) is 17.2 Å². The van der Waals surface area contributed by atoms with E-state index in [0.717, 1.165) is 5.56 Å². The molecule has 2 rings (SSSR count). The molecule has 0 saturated carbocycles. The Morgan fingerprint density at radius 1 is 0.962 bits per heavy atom. The van der Waals surface area contributed by atoms with E-state index in [1.54, 1.807) is 0 Å².